The maximum Gasteiger partial charge on any atom is 0.224 e. The summed E-state index contributed by atoms with van der Waals surface area (Å²) in [5, 5.41) is 0. The summed E-state index contributed by atoms with van der Waals surface area (Å²) in [7, 11) is 2.07. The van der Waals surface area contributed by atoms with Gasteiger partial charge in [0, 0.05) is 51.8 Å². The summed E-state index contributed by atoms with van der Waals surface area (Å²) in [5.74, 6) is 0.111. The second-order valence-electron chi connectivity index (χ2n) is 6.32. The fraction of sp³-hybridized carbons (Fsp3) is 0.556. The van der Waals surface area contributed by atoms with Crippen molar-refractivity contribution in [1.29, 1.82) is 0 Å². The fourth-order valence-corrected chi connectivity index (χ4v) is 2.90. The molecule has 0 aliphatic carbocycles. The number of likely N-dealkylation sites (N-methyl/N-ethyl adjacent to an activating group) is 1. The zero-order valence-electron chi connectivity index (χ0n) is 14.6. The van der Waals surface area contributed by atoms with E-state index < -0.39 is 0 Å². The predicted octanol–water partition coefficient (Wildman–Crippen LogP) is 1.82. The summed E-state index contributed by atoms with van der Waals surface area (Å²) < 4.78 is 0. The first kappa shape index (κ1) is 17.5. The van der Waals surface area contributed by atoms with Crippen molar-refractivity contribution in [2.45, 2.75) is 27.2 Å². The molecule has 2 amide bonds. The molecule has 1 aromatic carbocycles. The van der Waals surface area contributed by atoms with Crippen molar-refractivity contribution in [3.8, 4) is 0 Å². The van der Waals surface area contributed by atoms with Gasteiger partial charge in [0.15, 0.2) is 0 Å². The van der Waals surface area contributed by atoms with Gasteiger partial charge in [-0.25, -0.2) is 0 Å². The molecule has 0 N–H and O–H groups in total. The first-order valence-corrected chi connectivity index (χ1v) is 8.20. The molecule has 126 valence electrons. The molecule has 0 saturated carbocycles. The van der Waals surface area contributed by atoms with Crippen LogP contribution in [-0.2, 0) is 9.59 Å². The van der Waals surface area contributed by atoms with Crippen LogP contribution in [0.25, 0.3) is 0 Å². The van der Waals surface area contributed by atoms with Gasteiger partial charge in [0.2, 0.25) is 11.8 Å². The van der Waals surface area contributed by atoms with Crippen LogP contribution >= 0.6 is 0 Å². The number of aryl methyl sites for hydroxylation is 1. The third-order valence-corrected chi connectivity index (χ3v) is 4.65. The average molecular weight is 317 g/mol. The molecule has 23 heavy (non-hydrogen) atoms. The van der Waals surface area contributed by atoms with Crippen LogP contribution < -0.4 is 4.90 Å². The van der Waals surface area contributed by atoms with E-state index in [-0.39, 0.29) is 11.8 Å². The lowest BCUT2D eigenvalue weighted by atomic mass is 10.1. The number of piperazine rings is 1. The van der Waals surface area contributed by atoms with E-state index in [4.69, 9.17) is 0 Å². The molecule has 1 aliphatic heterocycles. The Morgan fingerprint density at radius 2 is 1.78 bits per heavy atom. The van der Waals surface area contributed by atoms with E-state index in [1.165, 1.54) is 0 Å². The van der Waals surface area contributed by atoms with E-state index in [1.54, 1.807) is 11.8 Å². The van der Waals surface area contributed by atoms with Gasteiger partial charge >= 0.3 is 0 Å². The average Bonchev–Trinajstić information content (AvgIpc) is 2.51. The second-order valence-corrected chi connectivity index (χ2v) is 6.32. The minimum Gasteiger partial charge on any atom is -0.340 e. The van der Waals surface area contributed by atoms with Gasteiger partial charge in [-0.05, 0) is 38.1 Å². The van der Waals surface area contributed by atoms with E-state index in [9.17, 15) is 9.59 Å². The normalized spacial score (nSPS) is 15.6. The Balaban J connectivity index is 2.02. The number of hydrogen-bond acceptors (Lipinski definition) is 3. The monoisotopic (exact) mass is 317 g/mol. The zero-order chi connectivity index (χ0) is 17.0. The number of carbonyl (C=O) groups is 2. The van der Waals surface area contributed by atoms with Crippen LogP contribution in [0.1, 0.15) is 24.5 Å². The summed E-state index contributed by atoms with van der Waals surface area (Å²) in [6, 6.07) is 5.94. The van der Waals surface area contributed by atoms with Gasteiger partial charge in [-0.3, -0.25) is 9.59 Å². The van der Waals surface area contributed by atoms with Crippen molar-refractivity contribution >= 4 is 17.5 Å². The third-order valence-electron chi connectivity index (χ3n) is 4.65. The standard InChI is InChI=1S/C18H27N3O2/c1-14-6-5-7-17(15(14)2)21(16(3)22)9-8-18(23)20-12-10-19(4)11-13-20/h5-7H,8-13H2,1-4H3. The van der Waals surface area contributed by atoms with Gasteiger partial charge in [-0.15, -0.1) is 0 Å². The van der Waals surface area contributed by atoms with Crippen LogP contribution in [0.3, 0.4) is 0 Å². The molecule has 0 spiro atoms. The number of rotatable bonds is 4. The minimum absolute atomic E-state index is 0.0233. The number of amides is 2. The molecule has 2 rings (SSSR count). The van der Waals surface area contributed by atoms with Crippen molar-refractivity contribution in [2.75, 3.05) is 44.7 Å². The van der Waals surface area contributed by atoms with Crippen molar-refractivity contribution in [2.24, 2.45) is 0 Å². The van der Waals surface area contributed by atoms with E-state index in [2.05, 4.69) is 11.9 Å². The summed E-state index contributed by atoms with van der Waals surface area (Å²) in [6.45, 7) is 9.43. The maximum atomic E-state index is 12.4. The van der Waals surface area contributed by atoms with Crippen LogP contribution in [0.5, 0.6) is 0 Å². The van der Waals surface area contributed by atoms with E-state index in [1.807, 2.05) is 36.9 Å². The smallest absolute Gasteiger partial charge is 0.224 e. The number of anilines is 1. The molecule has 1 aromatic rings. The Hall–Kier alpha value is -1.88. The van der Waals surface area contributed by atoms with Gasteiger partial charge in [0.1, 0.15) is 0 Å². The van der Waals surface area contributed by atoms with Crippen LogP contribution in [0, 0.1) is 13.8 Å². The van der Waals surface area contributed by atoms with Gasteiger partial charge in [-0.1, -0.05) is 12.1 Å². The minimum atomic E-state index is -0.0233. The molecule has 0 unspecified atom stereocenters. The number of benzene rings is 1. The number of hydrogen-bond donors (Lipinski definition) is 0. The van der Waals surface area contributed by atoms with E-state index in [0.717, 1.165) is 43.0 Å². The molecular weight excluding hydrogens is 290 g/mol. The topological polar surface area (TPSA) is 43.9 Å². The predicted molar refractivity (Wildman–Crippen MR) is 92.6 cm³/mol. The summed E-state index contributed by atoms with van der Waals surface area (Å²) in [5.41, 5.74) is 3.15. The van der Waals surface area contributed by atoms with Crippen molar-refractivity contribution < 1.29 is 9.59 Å². The number of nitrogens with zero attached hydrogens (tertiary/aromatic N) is 3. The lowest BCUT2D eigenvalue weighted by Crippen LogP contribution is -2.48. The van der Waals surface area contributed by atoms with Crippen molar-refractivity contribution in [3.63, 3.8) is 0 Å². The SMILES string of the molecule is CC(=O)N(CCC(=O)N1CCN(C)CC1)c1cccc(C)c1C. The molecule has 0 atom stereocenters. The van der Waals surface area contributed by atoms with Gasteiger partial charge in [0.05, 0.1) is 0 Å². The van der Waals surface area contributed by atoms with Gasteiger partial charge in [0.25, 0.3) is 0 Å². The van der Waals surface area contributed by atoms with Gasteiger partial charge in [-0.2, -0.15) is 0 Å². The van der Waals surface area contributed by atoms with Crippen LogP contribution in [0.2, 0.25) is 0 Å². The Morgan fingerprint density at radius 1 is 1.13 bits per heavy atom. The Bertz CT molecular complexity index is 578. The molecule has 1 fully saturated rings. The molecule has 1 aliphatic rings. The summed E-state index contributed by atoms with van der Waals surface area (Å²) in [6.07, 6.45) is 0.372. The second kappa shape index (κ2) is 7.59. The van der Waals surface area contributed by atoms with Gasteiger partial charge < -0.3 is 14.7 Å². The molecule has 0 bridgehead atoms. The van der Waals surface area contributed by atoms with Crippen molar-refractivity contribution in [1.82, 2.24) is 9.80 Å². The molecule has 5 heteroatoms. The highest BCUT2D eigenvalue weighted by Crippen LogP contribution is 2.23. The quantitative estimate of drug-likeness (QED) is 0.851. The zero-order valence-corrected chi connectivity index (χ0v) is 14.6. The molecular formula is C18H27N3O2. The lowest BCUT2D eigenvalue weighted by molar-refractivity contribution is -0.132. The Morgan fingerprint density at radius 3 is 2.39 bits per heavy atom. The number of carbonyl (C=O) groups excluding carboxylic acids is 2. The van der Waals surface area contributed by atoms with Crippen LogP contribution in [0.4, 0.5) is 5.69 Å². The molecule has 1 heterocycles. The maximum absolute atomic E-state index is 12.4. The highest BCUT2D eigenvalue weighted by molar-refractivity contribution is 5.93. The molecule has 0 radical (unpaired) electrons. The third kappa shape index (κ3) is 4.32. The van der Waals surface area contributed by atoms with Crippen LogP contribution in [-0.4, -0.2) is 61.4 Å². The highest BCUT2D eigenvalue weighted by Gasteiger charge is 2.21. The lowest BCUT2D eigenvalue weighted by Gasteiger charge is -2.33. The highest BCUT2D eigenvalue weighted by atomic mass is 16.2. The van der Waals surface area contributed by atoms with E-state index >= 15 is 0 Å². The van der Waals surface area contributed by atoms with Crippen LogP contribution in [0.15, 0.2) is 18.2 Å². The summed E-state index contributed by atoms with van der Waals surface area (Å²) >= 11 is 0. The first-order chi connectivity index (χ1) is 10.9. The van der Waals surface area contributed by atoms with Crippen molar-refractivity contribution in [3.05, 3.63) is 29.3 Å². The molecule has 0 aromatic heterocycles. The largest absolute Gasteiger partial charge is 0.340 e. The Labute approximate surface area is 138 Å². The molecule has 1 saturated heterocycles. The van der Waals surface area contributed by atoms with E-state index in [0.29, 0.717) is 13.0 Å². The fourth-order valence-electron chi connectivity index (χ4n) is 2.90. The Kier molecular flexibility index (Phi) is 5.77. The summed E-state index contributed by atoms with van der Waals surface area (Å²) in [4.78, 5) is 30.3. The first-order valence-electron chi connectivity index (χ1n) is 8.20. The molecule has 5 nitrogen and oxygen atoms in total.